The molecule has 124 valence electrons. The van der Waals surface area contributed by atoms with Gasteiger partial charge in [0.2, 0.25) is 0 Å². The highest BCUT2D eigenvalue weighted by molar-refractivity contribution is 5.27. The number of hydrogen-bond acceptors (Lipinski definition) is 3. The summed E-state index contributed by atoms with van der Waals surface area (Å²) in [5, 5.41) is 11.9. The normalized spacial score (nSPS) is 16.0. The lowest BCUT2D eigenvalue weighted by molar-refractivity contribution is -0.688. The molecule has 1 atom stereocenters. The molecule has 0 radical (unpaired) electrons. The van der Waals surface area contributed by atoms with Crippen molar-refractivity contribution in [2.24, 2.45) is 5.92 Å². The molecular weight excluding hydrogens is 278 g/mol. The summed E-state index contributed by atoms with van der Waals surface area (Å²) in [5.41, 5.74) is 1.26. The predicted octanol–water partition coefficient (Wildman–Crippen LogP) is 1.37. The topological polar surface area (TPSA) is 55.3 Å². The molecule has 22 heavy (non-hydrogen) atoms. The Balaban J connectivity index is 1.60. The number of rotatable bonds is 11. The lowest BCUT2D eigenvalue weighted by Gasteiger charge is -2.13. The van der Waals surface area contributed by atoms with Crippen LogP contribution < -0.4 is 10.1 Å². The molecule has 0 aromatic heterocycles. The zero-order valence-corrected chi connectivity index (χ0v) is 13.8. The van der Waals surface area contributed by atoms with E-state index in [9.17, 15) is 5.11 Å². The number of benzene rings is 1. The van der Waals surface area contributed by atoms with E-state index in [0.29, 0.717) is 19.2 Å². The van der Waals surface area contributed by atoms with Crippen molar-refractivity contribution in [1.82, 2.24) is 0 Å². The van der Waals surface area contributed by atoms with Gasteiger partial charge in [0.15, 0.2) is 0 Å². The van der Waals surface area contributed by atoms with Crippen molar-refractivity contribution in [3.63, 3.8) is 0 Å². The minimum Gasteiger partial charge on any atom is -0.491 e. The van der Waals surface area contributed by atoms with Crippen LogP contribution in [-0.4, -0.2) is 43.6 Å². The van der Waals surface area contributed by atoms with Crippen LogP contribution in [0.25, 0.3) is 0 Å². The van der Waals surface area contributed by atoms with Gasteiger partial charge in [0.05, 0.1) is 12.6 Å². The molecule has 1 aromatic carbocycles. The van der Waals surface area contributed by atoms with Gasteiger partial charge in [-0.3, -0.25) is 0 Å². The van der Waals surface area contributed by atoms with E-state index in [-0.39, 0.29) is 0 Å². The number of hydrogen-bond donors (Lipinski definition) is 2. The maximum Gasteiger partial charge on any atom is 0.137 e. The second-order valence-electron chi connectivity index (χ2n) is 6.59. The van der Waals surface area contributed by atoms with Gasteiger partial charge in [-0.25, -0.2) is 0 Å². The minimum atomic E-state index is -0.432. The van der Waals surface area contributed by atoms with Crippen LogP contribution in [-0.2, 0) is 11.2 Å². The van der Waals surface area contributed by atoms with E-state index in [2.05, 4.69) is 31.3 Å². The third-order valence-corrected chi connectivity index (χ3v) is 3.83. The molecule has 2 rings (SSSR count). The highest BCUT2D eigenvalue weighted by Gasteiger charge is 2.20. The summed E-state index contributed by atoms with van der Waals surface area (Å²) in [7, 11) is 0. The first kappa shape index (κ1) is 17.3. The van der Waals surface area contributed by atoms with Crippen molar-refractivity contribution in [2.45, 2.75) is 45.3 Å². The van der Waals surface area contributed by atoms with Crippen molar-refractivity contribution < 1.29 is 19.9 Å². The summed E-state index contributed by atoms with van der Waals surface area (Å²) in [4.78, 5) is 0. The van der Waals surface area contributed by atoms with E-state index >= 15 is 0 Å². The molecule has 4 nitrogen and oxygen atoms in total. The first-order chi connectivity index (χ1) is 10.6. The zero-order chi connectivity index (χ0) is 15.8. The largest absolute Gasteiger partial charge is 0.491 e. The third-order valence-electron chi connectivity index (χ3n) is 3.83. The van der Waals surface area contributed by atoms with Gasteiger partial charge in [-0.15, -0.1) is 0 Å². The van der Waals surface area contributed by atoms with Crippen molar-refractivity contribution in [3.05, 3.63) is 29.8 Å². The molecule has 3 N–H and O–H groups in total. The summed E-state index contributed by atoms with van der Waals surface area (Å²) in [5.74, 6) is 1.64. The second-order valence-corrected chi connectivity index (χ2v) is 6.59. The van der Waals surface area contributed by atoms with E-state index in [1.807, 2.05) is 12.1 Å². The maximum absolute atomic E-state index is 9.83. The fraction of sp³-hybridized carbons (Fsp3) is 0.667. The first-order valence-corrected chi connectivity index (χ1v) is 8.44. The molecule has 0 bridgehead atoms. The number of aliphatic hydroxyl groups is 1. The molecule has 1 aromatic rings. The number of ether oxygens (including phenoxy) is 2. The first-order valence-electron chi connectivity index (χ1n) is 8.44. The van der Waals surface area contributed by atoms with Gasteiger partial charge in [0, 0.05) is 6.61 Å². The third kappa shape index (κ3) is 7.25. The number of aliphatic hydroxyl groups excluding tert-OH is 1. The Morgan fingerprint density at radius 1 is 1.23 bits per heavy atom. The molecule has 4 heteroatoms. The molecule has 1 aliphatic rings. The van der Waals surface area contributed by atoms with Crippen LogP contribution in [0.5, 0.6) is 5.75 Å². The van der Waals surface area contributed by atoms with Gasteiger partial charge in [-0.05, 0) is 56.7 Å². The van der Waals surface area contributed by atoms with Crippen molar-refractivity contribution in [3.8, 4) is 5.75 Å². The van der Waals surface area contributed by atoms with E-state index in [4.69, 9.17) is 9.47 Å². The molecule has 1 saturated carbocycles. The number of quaternary nitrogens is 1. The predicted molar refractivity (Wildman–Crippen MR) is 87.1 cm³/mol. The standard InChI is InChI=1S/C18H29NO3/c1-14(2)19-11-17(20)13-22-18-7-5-15(6-8-18)9-10-21-12-16-3-4-16/h5-8,14,16-17,19-20H,3-4,9-13H2,1-2H3/p+1/t17-/m0/s1. The summed E-state index contributed by atoms with van der Waals surface area (Å²) in [6, 6.07) is 8.57. The van der Waals surface area contributed by atoms with Crippen LogP contribution in [0.3, 0.4) is 0 Å². The average Bonchev–Trinajstić information content (AvgIpc) is 3.33. The van der Waals surface area contributed by atoms with Gasteiger partial charge in [0.25, 0.3) is 0 Å². The highest BCUT2D eigenvalue weighted by atomic mass is 16.5. The van der Waals surface area contributed by atoms with Gasteiger partial charge < -0.3 is 19.9 Å². The van der Waals surface area contributed by atoms with Crippen LogP contribution >= 0.6 is 0 Å². The lowest BCUT2D eigenvalue weighted by Crippen LogP contribution is -2.90. The zero-order valence-electron chi connectivity index (χ0n) is 13.8. The summed E-state index contributed by atoms with van der Waals surface area (Å²) >= 11 is 0. The maximum atomic E-state index is 9.83. The van der Waals surface area contributed by atoms with Crippen LogP contribution in [0, 0.1) is 5.92 Å². The molecule has 0 heterocycles. The Morgan fingerprint density at radius 2 is 1.95 bits per heavy atom. The van der Waals surface area contributed by atoms with Gasteiger partial charge in [-0.2, -0.15) is 0 Å². The Bertz CT molecular complexity index is 415. The highest BCUT2D eigenvalue weighted by Crippen LogP contribution is 2.28. The van der Waals surface area contributed by atoms with Crippen molar-refractivity contribution in [2.75, 3.05) is 26.4 Å². The van der Waals surface area contributed by atoms with Crippen molar-refractivity contribution in [1.29, 1.82) is 0 Å². The molecule has 1 aliphatic carbocycles. The fourth-order valence-electron chi connectivity index (χ4n) is 2.17. The molecule has 0 spiro atoms. The van der Waals surface area contributed by atoms with E-state index in [1.165, 1.54) is 18.4 Å². The molecule has 0 amide bonds. The van der Waals surface area contributed by atoms with Crippen LogP contribution in [0.15, 0.2) is 24.3 Å². The van der Waals surface area contributed by atoms with Gasteiger partial charge >= 0.3 is 0 Å². The Kier molecular flexibility index (Phi) is 7.16. The Morgan fingerprint density at radius 3 is 2.59 bits per heavy atom. The Hall–Kier alpha value is -1.10. The van der Waals surface area contributed by atoms with Crippen LogP contribution in [0.1, 0.15) is 32.3 Å². The molecule has 0 unspecified atom stereocenters. The summed E-state index contributed by atoms with van der Waals surface area (Å²) in [6.45, 7) is 6.95. The van der Waals surface area contributed by atoms with Crippen LogP contribution in [0.4, 0.5) is 0 Å². The van der Waals surface area contributed by atoms with Crippen LogP contribution in [0.2, 0.25) is 0 Å². The fourth-order valence-corrected chi connectivity index (χ4v) is 2.17. The summed E-state index contributed by atoms with van der Waals surface area (Å²) in [6.07, 6.45) is 3.19. The van der Waals surface area contributed by atoms with E-state index < -0.39 is 6.10 Å². The SMILES string of the molecule is CC(C)[NH2+]C[C@H](O)COc1ccc(CCOCC2CC2)cc1. The van der Waals surface area contributed by atoms with Crippen molar-refractivity contribution >= 4 is 0 Å². The molecule has 1 fully saturated rings. The number of nitrogens with two attached hydrogens (primary N) is 1. The summed E-state index contributed by atoms with van der Waals surface area (Å²) < 4.78 is 11.3. The average molecular weight is 308 g/mol. The molecule has 0 aliphatic heterocycles. The molecular formula is C18H30NO3+. The monoisotopic (exact) mass is 308 g/mol. The van der Waals surface area contributed by atoms with Gasteiger partial charge in [0.1, 0.15) is 25.0 Å². The van der Waals surface area contributed by atoms with E-state index in [0.717, 1.165) is 31.3 Å². The second kappa shape index (κ2) is 9.13. The smallest absolute Gasteiger partial charge is 0.137 e. The minimum absolute atomic E-state index is 0.340. The van der Waals surface area contributed by atoms with E-state index in [1.54, 1.807) is 0 Å². The van der Waals surface area contributed by atoms with Gasteiger partial charge in [-0.1, -0.05) is 12.1 Å². The Labute approximate surface area is 133 Å². The quantitative estimate of drug-likeness (QED) is 0.607. The molecule has 0 saturated heterocycles. The lowest BCUT2D eigenvalue weighted by atomic mass is 10.1.